The predicted octanol–water partition coefficient (Wildman–Crippen LogP) is 3.92. The maximum absolute atomic E-state index is 9.10. The molecule has 4 nitrogen and oxygen atoms in total. The molecule has 0 spiro atoms. The normalized spacial score (nSPS) is 10.5. The average molecular weight is 308 g/mol. The topological polar surface area (TPSA) is 61.6 Å². The van der Waals surface area contributed by atoms with Gasteiger partial charge in [0.1, 0.15) is 11.8 Å². The van der Waals surface area contributed by atoms with Crippen molar-refractivity contribution in [2.24, 2.45) is 0 Å². The van der Waals surface area contributed by atoms with E-state index in [1.54, 1.807) is 11.3 Å². The number of fused-ring (bicyclic) bond motifs is 1. The van der Waals surface area contributed by atoms with Crippen LogP contribution in [0, 0.1) is 18.3 Å². The Balaban J connectivity index is 1.69. The number of anilines is 1. The van der Waals surface area contributed by atoms with Gasteiger partial charge in [0.15, 0.2) is 0 Å². The molecule has 5 heteroatoms. The number of nitrogens with zero attached hydrogens (tertiary/aromatic N) is 3. The number of para-hydroxylation sites is 1. The molecule has 0 atom stereocenters. The van der Waals surface area contributed by atoms with Crippen molar-refractivity contribution in [3.8, 4) is 6.07 Å². The number of rotatable bonds is 5. The second-order valence-electron chi connectivity index (χ2n) is 5.10. The van der Waals surface area contributed by atoms with E-state index in [-0.39, 0.29) is 0 Å². The van der Waals surface area contributed by atoms with Crippen molar-refractivity contribution in [3.05, 3.63) is 52.1 Å². The highest BCUT2D eigenvalue weighted by Crippen LogP contribution is 2.23. The highest BCUT2D eigenvalue weighted by Gasteiger charge is 2.05. The van der Waals surface area contributed by atoms with Crippen molar-refractivity contribution in [1.29, 1.82) is 5.26 Å². The van der Waals surface area contributed by atoms with Crippen LogP contribution in [0.4, 0.5) is 5.69 Å². The van der Waals surface area contributed by atoms with Gasteiger partial charge in [0.05, 0.1) is 10.5 Å². The number of hydrogen-bond donors (Lipinski definition) is 1. The minimum Gasteiger partial charge on any atom is -0.384 e. The van der Waals surface area contributed by atoms with Crippen molar-refractivity contribution in [1.82, 2.24) is 9.97 Å². The van der Waals surface area contributed by atoms with E-state index in [9.17, 15) is 0 Å². The molecule has 0 saturated carbocycles. The molecule has 0 aliphatic rings. The molecule has 3 rings (SSSR count). The van der Waals surface area contributed by atoms with Gasteiger partial charge in [0.25, 0.3) is 0 Å². The average Bonchev–Trinajstić information content (AvgIpc) is 2.96. The SMILES string of the molecule is Cc1csc(CCCNc2cc(C#N)nc3ccccc23)n1. The van der Waals surface area contributed by atoms with Gasteiger partial charge in [-0.1, -0.05) is 18.2 Å². The minimum absolute atomic E-state index is 0.441. The third-order valence-corrected chi connectivity index (χ3v) is 4.41. The first kappa shape index (κ1) is 14.5. The fourth-order valence-corrected chi connectivity index (χ4v) is 3.18. The Hall–Kier alpha value is -2.45. The summed E-state index contributed by atoms with van der Waals surface area (Å²) in [7, 11) is 0. The fourth-order valence-electron chi connectivity index (χ4n) is 2.36. The van der Waals surface area contributed by atoms with Crippen molar-refractivity contribution in [2.45, 2.75) is 19.8 Å². The van der Waals surface area contributed by atoms with Gasteiger partial charge in [-0.25, -0.2) is 9.97 Å². The number of benzene rings is 1. The summed E-state index contributed by atoms with van der Waals surface area (Å²) in [5, 5.41) is 16.8. The van der Waals surface area contributed by atoms with E-state index in [4.69, 9.17) is 5.26 Å². The second kappa shape index (κ2) is 6.54. The van der Waals surface area contributed by atoms with Crippen LogP contribution in [-0.2, 0) is 6.42 Å². The first-order valence-electron chi connectivity index (χ1n) is 7.21. The van der Waals surface area contributed by atoms with Crippen molar-refractivity contribution in [2.75, 3.05) is 11.9 Å². The molecule has 110 valence electrons. The summed E-state index contributed by atoms with van der Waals surface area (Å²) in [6.07, 6.45) is 1.98. The van der Waals surface area contributed by atoms with Crippen molar-refractivity contribution in [3.63, 3.8) is 0 Å². The summed E-state index contributed by atoms with van der Waals surface area (Å²) in [6.45, 7) is 2.86. The van der Waals surface area contributed by atoms with Gasteiger partial charge >= 0.3 is 0 Å². The lowest BCUT2D eigenvalue weighted by Gasteiger charge is -2.09. The highest BCUT2D eigenvalue weighted by molar-refractivity contribution is 7.09. The molecule has 1 N–H and O–H groups in total. The third kappa shape index (κ3) is 3.23. The third-order valence-electron chi connectivity index (χ3n) is 3.38. The molecule has 2 aromatic heterocycles. The summed E-state index contributed by atoms with van der Waals surface area (Å²) >= 11 is 1.71. The van der Waals surface area contributed by atoms with Crippen LogP contribution in [0.15, 0.2) is 35.7 Å². The van der Waals surface area contributed by atoms with E-state index >= 15 is 0 Å². The number of thiazole rings is 1. The smallest absolute Gasteiger partial charge is 0.143 e. The van der Waals surface area contributed by atoms with Crippen LogP contribution in [0.3, 0.4) is 0 Å². The van der Waals surface area contributed by atoms with E-state index in [0.29, 0.717) is 5.69 Å². The summed E-state index contributed by atoms with van der Waals surface area (Å²) in [6, 6.07) is 11.8. The van der Waals surface area contributed by atoms with Gasteiger partial charge < -0.3 is 5.32 Å². The van der Waals surface area contributed by atoms with E-state index < -0.39 is 0 Å². The summed E-state index contributed by atoms with van der Waals surface area (Å²) in [5.74, 6) is 0. The molecule has 2 heterocycles. The van der Waals surface area contributed by atoms with E-state index in [0.717, 1.165) is 41.7 Å². The first-order chi connectivity index (χ1) is 10.8. The Morgan fingerprint density at radius 2 is 2.14 bits per heavy atom. The number of nitriles is 1. The van der Waals surface area contributed by atoms with Gasteiger partial charge in [-0.3, -0.25) is 0 Å². The molecule has 0 unspecified atom stereocenters. The number of hydrogen-bond acceptors (Lipinski definition) is 5. The Morgan fingerprint density at radius 3 is 2.91 bits per heavy atom. The maximum Gasteiger partial charge on any atom is 0.143 e. The van der Waals surface area contributed by atoms with Gasteiger partial charge in [-0.15, -0.1) is 11.3 Å². The molecule has 0 aliphatic heterocycles. The molecule has 1 aromatic carbocycles. The molecular weight excluding hydrogens is 292 g/mol. The van der Waals surface area contributed by atoms with Crippen LogP contribution >= 0.6 is 11.3 Å². The Labute approximate surface area is 133 Å². The molecule has 3 aromatic rings. The van der Waals surface area contributed by atoms with E-state index in [2.05, 4.69) is 26.7 Å². The molecular formula is C17H16N4S. The molecule has 0 bridgehead atoms. The van der Waals surface area contributed by atoms with Crippen LogP contribution in [0.5, 0.6) is 0 Å². The lowest BCUT2D eigenvalue weighted by atomic mass is 10.1. The first-order valence-corrected chi connectivity index (χ1v) is 8.09. The van der Waals surface area contributed by atoms with E-state index in [1.165, 1.54) is 5.01 Å². The van der Waals surface area contributed by atoms with Crippen LogP contribution in [0.2, 0.25) is 0 Å². The molecule has 0 amide bonds. The Morgan fingerprint density at radius 1 is 1.27 bits per heavy atom. The van der Waals surface area contributed by atoms with E-state index in [1.807, 2.05) is 37.3 Å². The zero-order valence-corrected chi connectivity index (χ0v) is 13.2. The Bertz CT molecular complexity index is 832. The van der Waals surface area contributed by atoms with Gasteiger partial charge in [0.2, 0.25) is 0 Å². The lowest BCUT2D eigenvalue weighted by Crippen LogP contribution is -2.04. The number of aryl methyl sites for hydroxylation is 2. The lowest BCUT2D eigenvalue weighted by molar-refractivity contribution is 0.852. The zero-order chi connectivity index (χ0) is 15.4. The highest BCUT2D eigenvalue weighted by atomic mass is 32.1. The number of nitrogens with one attached hydrogen (secondary N) is 1. The van der Waals surface area contributed by atoms with Crippen LogP contribution in [0.25, 0.3) is 10.9 Å². The van der Waals surface area contributed by atoms with Crippen LogP contribution < -0.4 is 5.32 Å². The molecule has 0 radical (unpaired) electrons. The van der Waals surface area contributed by atoms with Crippen LogP contribution in [0.1, 0.15) is 22.8 Å². The minimum atomic E-state index is 0.441. The quantitative estimate of drug-likeness (QED) is 0.726. The number of pyridine rings is 1. The maximum atomic E-state index is 9.10. The zero-order valence-electron chi connectivity index (χ0n) is 12.3. The van der Waals surface area contributed by atoms with Gasteiger partial charge in [-0.2, -0.15) is 5.26 Å². The summed E-state index contributed by atoms with van der Waals surface area (Å²) in [4.78, 5) is 8.79. The molecule has 0 fully saturated rings. The molecule has 22 heavy (non-hydrogen) atoms. The predicted molar refractivity (Wildman–Crippen MR) is 90.1 cm³/mol. The van der Waals surface area contributed by atoms with Crippen molar-refractivity contribution < 1.29 is 0 Å². The standard InChI is InChI=1S/C17H16N4S/c1-12-11-22-17(20-12)7-4-8-19-16-9-13(10-18)21-15-6-3-2-5-14(15)16/h2-3,5-6,9,11H,4,7-8H2,1H3,(H,19,21). The largest absolute Gasteiger partial charge is 0.384 e. The summed E-state index contributed by atoms with van der Waals surface area (Å²) < 4.78 is 0. The fraction of sp³-hybridized carbons (Fsp3) is 0.235. The molecule has 0 saturated heterocycles. The summed E-state index contributed by atoms with van der Waals surface area (Å²) in [5.41, 5.74) is 3.35. The van der Waals surface area contributed by atoms with Gasteiger partial charge in [-0.05, 0) is 25.5 Å². The van der Waals surface area contributed by atoms with Crippen LogP contribution in [-0.4, -0.2) is 16.5 Å². The monoisotopic (exact) mass is 308 g/mol. The van der Waals surface area contributed by atoms with Crippen molar-refractivity contribution >= 4 is 27.9 Å². The number of aromatic nitrogens is 2. The molecule has 0 aliphatic carbocycles. The second-order valence-corrected chi connectivity index (χ2v) is 6.04. The van der Waals surface area contributed by atoms with Gasteiger partial charge in [0, 0.05) is 35.1 Å². The Kier molecular flexibility index (Phi) is 4.31.